The van der Waals surface area contributed by atoms with E-state index in [1.165, 1.54) is 41.6 Å². The smallest absolute Gasteiger partial charge is 0.255 e. The number of carbonyl (C=O) groups is 1. The third-order valence-corrected chi connectivity index (χ3v) is 8.49. The predicted octanol–water partition coefficient (Wildman–Crippen LogP) is 7.11. The van der Waals surface area contributed by atoms with E-state index >= 15 is 0 Å². The number of rotatable bonds is 4. The second-order valence-electron chi connectivity index (χ2n) is 10.2. The normalized spacial score (nSPS) is 26.9. The highest BCUT2D eigenvalue weighted by atomic mass is 16.1. The van der Waals surface area contributed by atoms with Gasteiger partial charge in [-0.15, -0.1) is 0 Å². The van der Waals surface area contributed by atoms with E-state index in [-0.39, 0.29) is 5.91 Å². The van der Waals surface area contributed by atoms with Gasteiger partial charge in [-0.25, -0.2) is 0 Å². The molecule has 1 amide bonds. The van der Waals surface area contributed by atoms with E-state index < -0.39 is 0 Å². The van der Waals surface area contributed by atoms with E-state index in [4.69, 9.17) is 0 Å². The standard InChI is InChI=1S/C30H32N2O/c1-3-19-11-7-8-18(2)28(19)32-30(33)23-14-15-25-24(17-23)26-21-12-13-22(16-21)27(26)29(31-25)20-9-5-4-6-10-20/h4-11,14-15,17,21-22,26-27,29,31H,3,12-13,16H2,1-2H3,(H,32,33)/t21-,22-,26-,27+,29-/m0/s1. The molecule has 6 rings (SSSR count). The van der Waals surface area contributed by atoms with Crippen molar-refractivity contribution in [3.8, 4) is 0 Å². The first-order valence-corrected chi connectivity index (χ1v) is 12.5. The van der Waals surface area contributed by atoms with Gasteiger partial charge in [-0.05, 0) is 96.7 Å². The summed E-state index contributed by atoms with van der Waals surface area (Å²) in [4.78, 5) is 13.3. The summed E-state index contributed by atoms with van der Waals surface area (Å²) in [6.07, 6.45) is 4.91. The molecule has 3 heteroatoms. The Hall–Kier alpha value is -3.07. The third-order valence-electron chi connectivity index (χ3n) is 8.49. The monoisotopic (exact) mass is 436 g/mol. The van der Waals surface area contributed by atoms with Crippen LogP contribution in [-0.2, 0) is 6.42 Å². The minimum Gasteiger partial charge on any atom is -0.378 e. The molecule has 168 valence electrons. The van der Waals surface area contributed by atoms with Gasteiger partial charge in [0.25, 0.3) is 5.91 Å². The van der Waals surface area contributed by atoms with Crippen molar-refractivity contribution < 1.29 is 4.79 Å². The number of carbonyl (C=O) groups excluding carboxylic acids is 1. The van der Waals surface area contributed by atoms with Crippen molar-refractivity contribution >= 4 is 17.3 Å². The molecule has 3 aliphatic rings. The van der Waals surface area contributed by atoms with Gasteiger partial charge in [-0.3, -0.25) is 4.79 Å². The first kappa shape index (κ1) is 20.5. The molecular weight excluding hydrogens is 404 g/mol. The molecule has 3 aromatic carbocycles. The van der Waals surface area contributed by atoms with E-state index in [2.05, 4.69) is 85.1 Å². The number of anilines is 2. The Morgan fingerprint density at radius 1 is 1.00 bits per heavy atom. The van der Waals surface area contributed by atoms with Gasteiger partial charge in [0.1, 0.15) is 0 Å². The molecule has 2 aliphatic carbocycles. The van der Waals surface area contributed by atoms with Crippen LogP contribution in [0.1, 0.15) is 70.8 Å². The summed E-state index contributed by atoms with van der Waals surface area (Å²) in [5.41, 5.74) is 7.97. The second-order valence-corrected chi connectivity index (χ2v) is 10.2. The molecule has 2 bridgehead atoms. The van der Waals surface area contributed by atoms with Crippen LogP contribution in [0.2, 0.25) is 0 Å². The Balaban J connectivity index is 1.35. The van der Waals surface area contributed by atoms with E-state index in [0.29, 0.717) is 17.9 Å². The fourth-order valence-corrected chi connectivity index (χ4v) is 7.01. The maximum absolute atomic E-state index is 13.3. The fraction of sp³-hybridized carbons (Fsp3) is 0.367. The molecule has 0 radical (unpaired) electrons. The molecule has 3 aromatic rings. The van der Waals surface area contributed by atoms with Crippen LogP contribution in [0.15, 0.2) is 66.7 Å². The van der Waals surface area contributed by atoms with Crippen molar-refractivity contribution in [2.24, 2.45) is 17.8 Å². The van der Waals surface area contributed by atoms with E-state index in [1.807, 2.05) is 6.07 Å². The molecule has 2 fully saturated rings. The molecule has 0 saturated heterocycles. The van der Waals surface area contributed by atoms with Gasteiger partial charge in [0.05, 0.1) is 6.04 Å². The highest BCUT2D eigenvalue weighted by molar-refractivity contribution is 6.05. The zero-order valence-corrected chi connectivity index (χ0v) is 19.5. The Labute approximate surface area is 196 Å². The summed E-state index contributed by atoms with van der Waals surface area (Å²) in [6.45, 7) is 4.20. The van der Waals surface area contributed by atoms with Gasteiger partial charge < -0.3 is 10.6 Å². The van der Waals surface area contributed by atoms with Crippen LogP contribution >= 0.6 is 0 Å². The Morgan fingerprint density at radius 2 is 1.82 bits per heavy atom. The van der Waals surface area contributed by atoms with Crippen molar-refractivity contribution in [1.82, 2.24) is 0 Å². The fourth-order valence-electron chi connectivity index (χ4n) is 7.01. The zero-order valence-electron chi connectivity index (χ0n) is 19.5. The molecule has 2 saturated carbocycles. The van der Waals surface area contributed by atoms with Crippen LogP contribution in [-0.4, -0.2) is 5.91 Å². The highest BCUT2D eigenvalue weighted by Gasteiger charge is 2.53. The molecule has 1 aliphatic heterocycles. The molecule has 0 aromatic heterocycles. The SMILES string of the molecule is CCc1cccc(C)c1NC(=O)c1ccc2c(c1)[C@@H]1[C@H]3CC[C@@H](C3)[C@H]1[C@H](c1ccccc1)N2. The van der Waals surface area contributed by atoms with E-state index in [1.54, 1.807) is 0 Å². The van der Waals surface area contributed by atoms with Crippen LogP contribution in [0.4, 0.5) is 11.4 Å². The average Bonchev–Trinajstić information content (AvgIpc) is 3.48. The molecule has 33 heavy (non-hydrogen) atoms. The maximum Gasteiger partial charge on any atom is 0.255 e. The number of para-hydroxylation sites is 1. The minimum absolute atomic E-state index is 0.00770. The Kier molecular flexibility index (Phi) is 5.01. The summed E-state index contributed by atoms with van der Waals surface area (Å²) in [5, 5.41) is 7.10. The lowest BCUT2D eigenvalue weighted by Crippen LogP contribution is -2.35. The minimum atomic E-state index is -0.00770. The number of amides is 1. The van der Waals surface area contributed by atoms with Crippen molar-refractivity contribution in [1.29, 1.82) is 0 Å². The van der Waals surface area contributed by atoms with Crippen molar-refractivity contribution in [2.75, 3.05) is 10.6 Å². The second kappa shape index (κ2) is 8.06. The van der Waals surface area contributed by atoms with Gasteiger partial charge in [0.2, 0.25) is 0 Å². The number of hydrogen-bond acceptors (Lipinski definition) is 2. The Bertz CT molecular complexity index is 1200. The zero-order chi connectivity index (χ0) is 22.5. The third kappa shape index (κ3) is 3.37. The van der Waals surface area contributed by atoms with Gasteiger partial charge in [-0.2, -0.15) is 0 Å². The predicted molar refractivity (Wildman–Crippen MR) is 135 cm³/mol. The molecule has 0 spiro atoms. The van der Waals surface area contributed by atoms with Gasteiger partial charge in [0.15, 0.2) is 0 Å². The van der Waals surface area contributed by atoms with Crippen molar-refractivity contribution in [2.45, 2.75) is 51.5 Å². The van der Waals surface area contributed by atoms with Crippen LogP contribution in [0.25, 0.3) is 0 Å². The van der Waals surface area contributed by atoms with Gasteiger partial charge >= 0.3 is 0 Å². The first-order chi connectivity index (χ1) is 16.1. The lowest BCUT2D eigenvalue weighted by Gasteiger charge is -2.43. The number of aryl methyl sites for hydroxylation is 2. The van der Waals surface area contributed by atoms with Gasteiger partial charge in [-0.1, -0.05) is 55.5 Å². The number of hydrogen-bond donors (Lipinski definition) is 2. The number of nitrogens with one attached hydrogen (secondary N) is 2. The molecule has 1 heterocycles. The first-order valence-electron chi connectivity index (χ1n) is 12.5. The van der Waals surface area contributed by atoms with E-state index in [9.17, 15) is 4.79 Å². The molecule has 3 nitrogen and oxygen atoms in total. The maximum atomic E-state index is 13.3. The average molecular weight is 437 g/mol. The summed E-state index contributed by atoms with van der Waals surface area (Å²) < 4.78 is 0. The van der Waals surface area contributed by atoms with Crippen LogP contribution in [0, 0.1) is 24.7 Å². The lowest BCUT2D eigenvalue weighted by molar-refractivity contribution is 0.102. The van der Waals surface area contributed by atoms with Crippen LogP contribution in [0.3, 0.4) is 0 Å². The van der Waals surface area contributed by atoms with Crippen LogP contribution < -0.4 is 10.6 Å². The van der Waals surface area contributed by atoms with Crippen molar-refractivity contribution in [3.05, 3.63) is 94.5 Å². The lowest BCUT2D eigenvalue weighted by atomic mass is 9.68. The molecule has 5 atom stereocenters. The molecular formula is C30H32N2O. The summed E-state index contributed by atoms with van der Waals surface area (Å²) in [7, 11) is 0. The highest BCUT2D eigenvalue weighted by Crippen LogP contribution is 2.63. The number of benzene rings is 3. The summed E-state index contributed by atoms with van der Waals surface area (Å²) in [5.74, 6) is 2.67. The molecule has 0 unspecified atom stereocenters. The molecule has 2 N–H and O–H groups in total. The summed E-state index contributed by atoms with van der Waals surface area (Å²) in [6, 6.07) is 23.8. The largest absolute Gasteiger partial charge is 0.378 e. The summed E-state index contributed by atoms with van der Waals surface area (Å²) >= 11 is 0. The number of fused-ring (bicyclic) bond motifs is 7. The van der Waals surface area contributed by atoms with Gasteiger partial charge in [0, 0.05) is 16.9 Å². The van der Waals surface area contributed by atoms with E-state index in [0.717, 1.165) is 35.1 Å². The topological polar surface area (TPSA) is 41.1 Å². The quantitative estimate of drug-likeness (QED) is 0.458. The van der Waals surface area contributed by atoms with Crippen molar-refractivity contribution in [3.63, 3.8) is 0 Å². The Morgan fingerprint density at radius 3 is 2.64 bits per heavy atom. The van der Waals surface area contributed by atoms with Crippen LogP contribution in [0.5, 0.6) is 0 Å².